The second kappa shape index (κ2) is 4.49. The zero-order chi connectivity index (χ0) is 11.5. The van der Waals surface area contributed by atoms with E-state index in [0.29, 0.717) is 18.5 Å². The van der Waals surface area contributed by atoms with Gasteiger partial charge in [-0.1, -0.05) is 0 Å². The lowest BCUT2D eigenvalue weighted by Gasteiger charge is -2.31. The number of hydrogen-bond donors (Lipinski definition) is 2. The summed E-state index contributed by atoms with van der Waals surface area (Å²) in [5, 5.41) is 2.51. The van der Waals surface area contributed by atoms with Crippen molar-refractivity contribution in [2.24, 2.45) is 5.73 Å². The minimum atomic E-state index is -0.525. The van der Waals surface area contributed by atoms with Crippen molar-refractivity contribution in [1.82, 2.24) is 0 Å². The van der Waals surface area contributed by atoms with Gasteiger partial charge in [0, 0.05) is 11.7 Å². The molecule has 0 aromatic heterocycles. The number of nitrogens with two attached hydrogens (primary N) is 1. The van der Waals surface area contributed by atoms with Crippen molar-refractivity contribution < 1.29 is 13.9 Å². The van der Waals surface area contributed by atoms with Gasteiger partial charge in [-0.3, -0.25) is 5.32 Å². The lowest BCUT2D eigenvalue weighted by molar-refractivity contribution is 0.0503. The van der Waals surface area contributed by atoms with E-state index in [1.165, 1.54) is 24.3 Å². The van der Waals surface area contributed by atoms with Gasteiger partial charge in [0.05, 0.1) is 0 Å². The summed E-state index contributed by atoms with van der Waals surface area (Å²) in [4.78, 5) is 11.3. The number of rotatable bonds is 2. The smallest absolute Gasteiger partial charge is 0.411 e. The quantitative estimate of drug-likeness (QED) is 0.805. The molecule has 0 unspecified atom stereocenters. The number of amides is 1. The van der Waals surface area contributed by atoms with Gasteiger partial charge in [0.15, 0.2) is 0 Å². The van der Waals surface area contributed by atoms with Crippen molar-refractivity contribution in [2.45, 2.75) is 25.0 Å². The van der Waals surface area contributed by atoms with Gasteiger partial charge in [0.2, 0.25) is 0 Å². The van der Waals surface area contributed by atoms with Gasteiger partial charge in [-0.05, 0) is 37.1 Å². The van der Waals surface area contributed by atoms with Crippen LogP contribution in [-0.2, 0) is 4.74 Å². The Labute approximate surface area is 92.6 Å². The molecule has 3 N–H and O–H groups in total. The summed E-state index contributed by atoms with van der Waals surface area (Å²) >= 11 is 0. The second-order valence-electron chi connectivity index (χ2n) is 3.89. The maximum absolute atomic E-state index is 12.6. The van der Waals surface area contributed by atoms with Crippen molar-refractivity contribution in [2.75, 3.05) is 5.32 Å². The first-order valence-corrected chi connectivity index (χ1v) is 5.12. The van der Waals surface area contributed by atoms with E-state index in [1.807, 2.05) is 0 Å². The van der Waals surface area contributed by atoms with Crippen LogP contribution in [-0.4, -0.2) is 18.2 Å². The van der Waals surface area contributed by atoms with Gasteiger partial charge in [0.25, 0.3) is 0 Å². The molecule has 4 nitrogen and oxygen atoms in total. The van der Waals surface area contributed by atoms with Crippen LogP contribution in [0.4, 0.5) is 14.9 Å². The normalized spacial score (nSPS) is 23.4. The Balaban J connectivity index is 1.80. The molecular weight excluding hydrogens is 211 g/mol. The maximum atomic E-state index is 12.6. The fraction of sp³-hybridized carbons (Fsp3) is 0.364. The molecule has 1 aromatic carbocycles. The number of benzene rings is 1. The Bertz CT molecular complexity index is 374. The fourth-order valence-electron chi connectivity index (χ4n) is 1.53. The molecule has 16 heavy (non-hydrogen) atoms. The molecule has 1 aliphatic carbocycles. The summed E-state index contributed by atoms with van der Waals surface area (Å²) in [5.41, 5.74) is 6.07. The number of anilines is 1. The standard InChI is InChI=1S/C11H13FN2O2/c12-7-1-3-9(4-2-7)14-11(15)16-10-5-8(13)6-10/h1-4,8,10H,5-6,13H2,(H,14,15). The van der Waals surface area contributed by atoms with Crippen molar-refractivity contribution >= 4 is 11.8 Å². The lowest BCUT2D eigenvalue weighted by atomic mass is 9.90. The van der Waals surface area contributed by atoms with E-state index < -0.39 is 6.09 Å². The van der Waals surface area contributed by atoms with Gasteiger partial charge in [-0.2, -0.15) is 0 Å². The van der Waals surface area contributed by atoms with E-state index >= 15 is 0 Å². The number of carbonyl (C=O) groups excluding carboxylic acids is 1. The molecule has 0 radical (unpaired) electrons. The van der Waals surface area contributed by atoms with E-state index in [-0.39, 0.29) is 18.0 Å². The second-order valence-corrected chi connectivity index (χ2v) is 3.89. The summed E-state index contributed by atoms with van der Waals surface area (Å²) in [6, 6.07) is 5.64. The Morgan fingerprint density at radius 1 is 1.38 bits per heavy atom. The van der Waals surface area contributed by atoms with Gasteiger partial charge in [-0.15, -0.1) is 0 Å². The SMILES string of the molecule is NC1CC(OC(=O)Nc2ccc(F)cc2)C1. The average molecular weight is 224 g/mol. The summed E-state index contributed by atoms with van der Waals surface area (Å²) in [5.74, 6) is -0.344. The minimum Gasteiger partial charge on any atom is -0.446 e. The fourth-order valence-corrected chi connectivity index (χ4v) is 1.53. The summed E-state index contributed by atoms with van der Waals surface area (Å²) < 4.78 is 17.7. The zero-order valence-electron chi connectivity index (χ0n) is 8.65. The van der Waals surface area contributed by atoms with E-state index in [1.54, 1.807) is 0 Å². The van der Waals surface area contributed by atoms with E-state index in [4.69, 9.17) is 10.5 Å². The van der Waals surface area contributed by atoms with Gasteiger partial charge in [0.1, 0.15) is 11.9 Å². The van der Waals surface area contributed by atoms with E-state index in [0.717, 1.165) is 0 Å². The van der Waals surface area contributed by atoms with Crippen LogP contribution in [0.15, 0.2) is 24.3 Å². The Morgan fingerprint density at radius 2 is 2.00 bits per heavy atom. The van der Waals surface area contributed by atoms with Crippen LogP contribution in [0.1, 0.15) is 12.8 Å². The number of hydrogen-bond acceptors (Lipinski definition) is 3. The van der Waals surface area contributed by atoms with E-state index in [2.05, 4.69) is 5.32 Å². The minimum absolute atomic E-state index is 0.0875. The van der Waals surface area contributed by atoms with Crippen LogP contribution in [0, 0.1) is 5.82 Å². The lowest BCUT2D eigenvalue weighted by Crippen LogP contribution is -2.43. The number of carbonyl (C=O) groups is 1. The molecule has 0 heterocycles. The predicted molar refractivity (Wildman–Crippen MR) is 57.5 cm³/mol. The molecule has 1 aliphatic rings. The zero-order valence-corrected chi connectivity index (χ0v) is 8.65. The van der Waals surface area contributed by atoms with Gasteiger partial charge >= 0.3 is 6.09 Å². The Morgan fingerprint density at radius 3 is 2.56 bits per heavy atom. The van der Waals surface area contributed by atoms with Crippen LogP contribution >= 0.6 is 0 Å². The highest BCUT2D eigenvalue weighted by Gasteiger charge is 2.29. The summed E-state index contributed by atoms with van der Waals surface area (Å²) in [6.07, 6.45) is 0.798. The molecule has 0 saturated heterocycles. The number of nitrogens with one attached hydrogen (secondary N) is 1. The highest BCUT2D eigenvalue weighted by Crippen LogP contribution is 2.21. The van der Waals surface area contributed by atoms with Crippen molar-refractivity contribution in [3.8, 4) is 0 Å². The first-order valence-electron chi connectivity index (χ1n) is 5.12. The summed E-state index contributed by atoms with van der Waals surface area (Å²) in [6.45, 7) is 0. The van der Waals surface area contributed by atoms with Crippen molar-refractivity contribution in [3.05, 3.63) is 30.1 Å². The maximum Gasteiger partial charge on any atom is 0.411 e. The third-order valence-electron chi connectivity index (χ3n) is 2.50. The van der Waals surface area contributed by atoms with Crippen molar-refractivity contribution in [1.29, 1.82) is 0 Å². The van der Waals surface area contributed by atoms with Crippen LogP contribution in [0.25, 0.3) is 0 Å². The third-order valence-corrected chi connectivity index (χ3v) is 2.50. The Kier molecular flexibility index (Phi) is 3.05. The Hall–Kier alpha value is -1.62. The van der Waals surface area contributed by atoms with E-state index in [9.17, 15) is 9.18 Å². The molecule has 0 spiro atoms. The first kappa shape index (κ1) is 10.9. The molecule has 0 aliphatic heterocycles. The third kappa shape index (κ3) is 2.70. The molecule has 5 heteroatoms. The summed E-state index contributed by atoms with van der Waals surface area (Å²) in [7, 11) is 0. The molecule has 2 rings (SSSR count). The molecule has 86 valence electrons. The monoisotopic (exact) mass is 224 g/mol. The average Bonchev–Trinajstić information content (AvgIpc) is 2.19. The molecule has 1 aromatic rings. The highest BCUT2D eigenvalue weighted by atomic mass is 19.1. The van der Waals surface area contributed by atoms with Gasteiger partial charge < -0.3 is 10.5 Å². The predicted octanol–water partition coefficient (Wildman–Crippen LogP) is 1.86. The van der Waals surface area contributed by atoms with Crippen LogP contribution < -0.4 is 11.1 Å². The first-order chi connectivity index (χ1) is 7.63. The molecule has 0 bridgehead atoms. The molecule has 1 fully saturated rings. The largest absolute Gasteiger partial charge is 0.446 e. The number of ether oxygens (including phenoxy) is 1. The molecule has 1 saturated carbocycles. The highest BCUT2D eigenvalue weighted by molar-refractivity contribution is 5.84. The van der Waals surface area contributed by atoms with Crippen LogP contribution in [0.5, 0.6) is 0 Å². The van der Waals surface area contributed by atoms with Gasteiger partial charge in [-0.25, -0.2) is 9.18 Å². The molecular formula is C11H13FN2O2. The molecule has 0 atom stereocenters. The van der Waals surface area contributed by atoms with Crippen LogP contribution in [0.2, 0.25) is 0 Å². The topological polar surface area (TPSA) is 64.3 Å². The van der Waals surface area contributed by atoms with Crippen LogP contribution in [0.3, 0.4) is 0 Å². The number of halogens is 1. The van der Waals surface area contributed by atoms with Crippen molar-refractivity contribution in [3.63, 3.8) is 0 Å². The molecule has 1 amide bonds.